The molecule has 0 aromatic rings. The number of hydrogen-bond donors (Lipinski definition) is 3. The standard InChI is InChI=1S/C4H7NO2.CH3NO2/c1-2-3-7-4(5)6;2-1(3)4/h2H,1,3H2,(H2,5,6);2H2,(H,3,4). The number of nitrogens with two attached hydrogens (primary N) is 2. The minimum Gasteiger partial charge on any atom is -0.465 e. The van der Waals surface area contributed by atoms with Crippen molar-refractivity contribution in [3.05, 3.63) is 12.7 Å². The van der Waals surface area contributed by atoms with Gasteiger partial charge >= 0.3 is 12.2 Å². The van der Waals surface area contributed by atoms with E-state index in [0.29, 0.717) is 0 Å². The number of ether oxygens (including phenoxy) is 1. The van der Waals surface area contributed by atoms with Crippen LogP contribution in [0.15, 0.2) is 12.7 Å². The lowest BCUT2D eigenvalue weighted by Gasteiger charge is -1.90. The molecule has 0 spiro atoms. The van der Waals surface area contributed by atoms with E-state index in [4.69, 9.17) is 9.90 Å². The molecule has 0 saturated heterocycles. The first-order valence-electron chi connectivity index (χ1n) is 2.52. The molecule has 0 aliphatic rings. The molecule has 5 N–H and O–H groups in total. The van der Waals surface area contributed by atoms with Crippen molar-refractivity contribution in [3.63, 3.8) is 0 Å². The summed E-state index contributed by atoms with van der Waals surface area (Å²) in [5.74, 6) is 0. The van der Waals surface area contributed by atoms with Crippen LogP contribution in [0.4, 0.5) is 9.59 Å². The van der Waals surface area contributed by atoms with Crippen molar-refractivity contribution in [2.45, 2.75) is 0 Å². The molecule has 0 unspecified atom stereocenters. The first-order chi connectivity index (χ1) is 5.00. The molecule has 2 amide bonds. The van der Waals surface area contributed by atoms with E-state index in [1.54, 1.807) is 0 Å². The molecule has 0 aliphatic carbocycles. The summed E-state index contributed by atoms with van der Waals surface area (Å²) in [7, 11) is 0. The summed E-state index contributed by atoms with van der Waals surface area (Å²) in [6.07, 6.45) is -0.648. The Labute approximate surface area is 63.4 Å². The molecule has 0 fully saturated rings. The van der Waals surface area contributed by atoms with Gasteiger partial charge in [-0.05, 0) is 0 Å². The van der Waals surface area contributed by atoms with Crippen LogP contribution in [0.25, 0.3) is 0 Å². The van der Waals surface area contributed by atoms with E-state index in [2.05, 4.69) is 22.8 Å². The minimum atomic E-state index is -1.33. The average Bonchev–Trinajstić information content (AvgIpc) is 1.82. The Morgan fingerprint density at radius 3 is 2.00 bits per heavy atom. The zero-order valence-electron chi connectivity index (χ0n) is 5.82. The van der Waals surface area contributed by atoms with Crippen LogP contribution in [-0.2, 0) is 4.74 Å². The molecule has 11 heavy (non-hydrogen) atoms. The van der Waals surface area contributed by atoms with Gasteiger partial charge in [0.1, 0.15) is 6.61 Å². The first kappa shape index (κ1) is 12.0. The van der Waals surface area contributed by atoms with Crippen LogP contribution < -0.4 is 11.5 Å². The number of carboxylic acid groups (broad SMARTS) is 1. The molecule has 0 aromatic carbocycles. The zero-order valence-corrected chi connectivity index (χ0v) is 5.82. The molecular formula is C5H10N2O4. The van der Waals surface area contributed by atoms with E-state index in [-0.39, 0.29) is 6.61 Å². The van der Waals surface area contributed by atoms with Crippen LogP contribution in [0.1, 0.15) is 0 Å². The number of primary amides is 2. The van der Waals surface area contributed by atoms with Gasteiger partial charge in [-0.15, -0.1) is 0 Å². The number of amides is 2. The maximum Gasteiger partial charge on any atom is 0.404 e. The third kappa shape index (κ3) is 62.8. The largest absolute Gasteiger partial charge is 0.465 e. The summed E-state index contributed by atoms with van der Waals surface area (Å²) >= 11 is 0. The van der Waals surface area contributed by atoms with Gasteiger partial charge in [0.25, 0.3) is 0 Å². The second kappa shape index (κ2) is 8.28. The van der Waals surface area contributed by atoms with E-state index in [1.165, 1.54) is 6.08 Å². The Morgan fingerprint density at radius 2 is 1.91 bits per heavy atom. The number of rotatable bonds is 2. The van der Waals surface area contributed by atoms with Crippen LogP contribution in [0.2, 0.25) is 0 Å². The van der Waals surface area contributed by atoms with E-state index in [0.717, 1.165) is 0 Å². The molecule has 0 aliphatic heterocycles. The van der Waals surface area contributed by atoms with Crippen molar-refractivity contribution in [2.24, 2.45) is 11.5 Å². The zero-order chi connectivity index (χ0) is 9.28. The monoisotopic (exact) mass is 162 g/mol. The summed E-state index contributed by atoms with van der Waals surface area (Å²) in [5, 5.41) is 7.19. The molecule has 0 atom stereocenters. The highest BCUT2D eigenvalue weighted by atomic mass is 16.5. The van der Waals surface area contributed by atoms with Crippen molar-refractivity contribution in [1.29, 1.82) is 0 Å². The summed E-state index contributed by atoms with van der Waals surface area (Å²) < 4.78 is 4.21. The quantitative estimate of drug-likeness (QED) is 0.491. The molecule has 6 nitrogen and oxygen atoms in total. The topological polar surface area (TPSA) is 116 Å². The van der Waals surface area contributed by atoms with E-state index in [9.17, 15) is 4.79 Å². The Bertz CT molecular complexity index is 141. The fourth-order valence-electron chi connectivity index (χ4n) is 0.141. The van der Waals surface area contributed by atoms with Crippen LogP contribution in [0.3, 0.4) is 0 Å². The summed E-state index contributed by atoms with van der Waals surface area (Å²) in [5.41, 5.74) is 8.60. The van der Waals surface area contributed by atoms with Gasteiger partial charge < -0.3 is 21.3 Å². The normalized spacial score (nSPS) is 6.91. The number of carbonyl (C=O) groups excluding carboxylic acids is 1. The van der Waals surface area contributed by atoms with Gasteiger partial charge in [-0.2, -0.15) is 0 Å². The van der Waals surface area contributed by atoms with Crippen molar-refractivity contribution < 1.29 is 19.4 Å². The van der Waals surface area contributed by atoms with Gasteiger partial charge in [0, 0.05) is 0 Å². The van der Waals surface area contributed by atoms with E-state index >= 15 is 0 Å². The molecular weight excluding hydrogens is 152 g/mol. The minimum absolute atomic E-state index is 0.190. The predicted molar refractivity (Wildman–Crippen MR) is 37.9 cm³/mol. The maximum absolute atomic E-state index is 9.71. The first-order valence-corrected chi connectivity index (χ1v) is 2.52. The lowest BCUT2D eigenvalue weighted by Crippen LogP contribution is -2.12. The predicted octanol–water partition coefficient (Wildman–Crippen LogP) is -0.109. The Morgan fingerprint density at radius 1 is 1.55 bits per heavy atom. The lowest BCUT2D eigenvalue weighted by atomic mass is 10.7. The molecule has 0 aromatic heterocycles. The van der Waals surface area contributed by atoms with Crippen LogP contribution >= 0.6 is 0 Å². The van der Waals surface area contributed by atoms with Crippen molar-refractivity contribution in [1.82, 2.24) is 0 Å². The molecule has 0 rings (SSSR count). The van der Waals surface area contributed by atoms with Crippen molar-refractivity contribution in [3.8, 4) is 0 Å². The number of hydrogen-bond acceptors (Lipinski definition) is 3. The third-order valence-corrected chi connectivity index (χ3v) is 0.343. The Hall–Kier alpha value is -1.72. The third-order valence-electron chi connectivity index (χ3n) is 0.343. The van der Waals surface area contributed by atoms with Gasteiger partial charge in [-0.1, -0.05) is 12.7 Å². The van der Waals surface area contributed by atoms with Gasteiger partial charge in [-0.3, -0.25) is 0 Å². The van der Waals surface area contributed by atoms with Crippen LogP contribution in [-0.4, -0.2) is 23.9 Å². The second-order valence-corrected chi connectivity index (χ2v) is 1.26. The van der Waals surface area contributed by atoms with E-state index < -0.39 is 12.2 Å². The maximum atomic E-state index is 9.71. The molecule has 0 heterocycles. The number of carbonyl (C=O) groups is 2. The highest BCUT2D eigenvalue weighted by molar-refractivity contribution is 5.64. The second-order valence-electron chi connectivity index (χ2n) is 1.26. The SMILES string of the molecule is C=CCOC(N)=O.NC(=O)O. The van der Waals surface area contributed by atoms with Crippen molar-refractivity contribution in [2.75, 3.05) is 6.61 Å². The Balaban J connectivity index is 0. The summed E-state index contributed by atoms with van der Waals surface area (Å²) in [6, 6.07) is 0. The van der Waals surface area contributed by atoms with Gasteiger partial charge in [0.15, 0.2) is 0 Å². The Kier molecular flexibility index (Phi) is 9.04. The fraction of sp³-hybridized carbons (Fsp3) is 0.200. The van der Waals surface area contributed by atoms with Gasteiger partial charge in [-0.25, -0.2) is 9.59 Å². The molecule has 64 valence electrons. The lowest BCUT2D eigenvalue weighted by molar-refractivity contribution is 0.169. The molecule has 0 radical (unpaired) electrons. The van der Waals surface area contributed by atoms with Gasteiger partial charge in [0.2, 0.25) is 0 Å². The highest BCUT2D eigenvalue weighted by Gasteiger charge is 1.84. The van der Waals surface area contributed by atoms with Crippen LogP contribution in [0.5, 0.6) is 0 Å². The smallest absolute Gasteiger partial charge is 0.404 e. The summed E-state index contributed by atoms with van der Waals surface area (Å²) in [4.78, 5) is 18.5. The van der Waals surface area contributed by atoms with Crippen molar-refractivity contribution >= 4 is 12.2 Å². The molecule has 6 heteroatoms. The average molecular weight is 162 g/mol. The summed E-state index contributed by atoms with van der Waals surface area (Å²) in [6.45, 7) is 3.49. The van der Waals surface area contributed by atoms with Gasteiger partial charge in [0.05, 0.1) is 0 Å². The molecule has 0 bridgehead atoms. The fourth-order valence-corrected chi connectivity index (χ4v) is 0.141. The highest BCUT2D eigenvalue weighted by Crippen LogP contribution is 1.70. The van der Waals surface area contributed by atoms with E-state index in [1.807, 2.05) is 0 Å². The molecule has 0 saturated carbocycles. The van der Waals surface area contributed by atoms with Crippen LogP contribution in [0, 0.1) is 0 Å².